The number of rotatable bonds is 3. The Labute approximate surface area is 102 Å². The molecule has 0 radical (unpaired) electrons. The van der Waals surface area contributed by atoms with Gasteiger partial charge >= 0.3 is 0 Å². The summed E-state index contributed by atoms with van der Waals surface area (Å²) in [7, 11) is 2.02. The van der Waals surface area contributed by atoms with Crippen LogP contribution in [0.1, 0.15) is 11.1 Å². The highest BCUT2D eigenvalue weighted by Crippen LogP contribution is 2.37. The molecule has 0 fully saturated rings. The summed E-state index contributed by atoms with van der Waals surface area (Å²) in [6, 6.07) is 4.61. The van der Waals surface area contributed by atoms with Gasteiger partial charge in [-0.3, -0.25) is 0 Å². The summed E-state index contributed by atoms with van der Waals surface area (Å²) in [5.41, 5.74) is 4.25. The van der Waals surface area contributed by atoms with Crippen molar-refractivity contribution < 1.29 is 0 Å². The van der Waals surface area contributed by atoms with Crippen LogP contribution >= 0.6 is 11.8 Å². The Morgan fingerprint density at radius 3 is 2.94 bits per heavy atom. The predicted molar refractivity (Wildman–Crippen MR) is 72.8 cm³/mol. The number of hydrogen-bond donors (Lipinski definition) is 1. The van der Waals surface area contributed by atoms with Gasteiger partial charge < -0.3 is 10.2 Å². The molecule has 0 atom stereocenters. The molecule has 16 heavy (non-hydrogen) atoms. The van der Waals surface area contributed by atoms with E-state index < -0.39 is 0 Å². The van der Waals surface area contributed by atoms with Crippen molar-refractivity contribution in [2.24, 2.45) is 0 Å². The van der Waals surface area contributed by atoms with Gasteiger partial charge in [0.15, 0.2) is 0 Å². The second-order valence-electron chi connectivity index (χ2n) is 4.37. The van der Waals surface area contributed by atoms with Crippen LogP contribution in [0.2, 0.25) is 0 Å². The first-order chi connectivity index (χ1) is 7.72. The summed E-state index contributed by atoms with van der Waals surface area (Å²) < 4.78 is 0. The van der Waals surface area contributed by atoms with Crippen LogP contribution in [0.4, 0.5) is 5.69 Å². The van der Waals surface area contributed by atoms with Crippen molar-refractivity contribution in [2.75, 3.05) is 37.3 Å². The Morgan fingerprint density at radius 2 is 2.19 bits per heavy atom. The number of nitrogens with one attached hydrogen (secondary N) is 1. The zero-order valence-electron chi connectivity index (χ0n) is 10.3. The van der Waals surface area contributed by atoms with Crippen LogP contribution in [0, 0.1) is 13.8 Å². The SMILES string of the molecule is CNCCN1CCSc2cc(C)cc(C)c21. The third kappa shape index (κ3) is 2.36. The lowest BCUT2D eigenvalue weighted by molar-refractivity contribution is 0.729. The fourth-order valence-electron chi connectivity index (χ4n) is 2.28. The molecule has 1 heterocycles. The normalized spacial score (nSPS) is 15.1. The molecule has 1 N–H and O–H groups in total. The fourth-order valence-corrected chi connectivity index (χ4v) is 3.51. The number of anilines is 1. The molecule has 0 saturated carbocycles. The van der Waals surface area contributed by atoms with Gasteiger partial charge in [-0.1, -0.05) is 6.07 Å². The lowest BCUT2D eigenvalue weighted by Crippen LogP contribution is -2.35. The Morgan fingerprint density at radius 1 is 1.38 bits per heavy atom. The minimum absolute atomic E-state index is 1.05. The Kier molecular flexibility index (Phi) is 3.77. The topological polar surface area (TPSA) is 15.3 Å². The average Bonchev–Trinajstić information content (AvgIpc) is 2.25. The van der Waals surface area contributed by atoms with Crippen LogP contribution in [0.25, 0.3) is 0 Å². The Hall–Kier alpha value is -0.670. The second-order valence-corrected chi connectivity index (χ2v) is 5.50. The van der Waals surface area contributed by atoms with Crippen LogP contribution in [0.15, 0.2) is 17.0 Å². The van der Waals surface area contributed by atoms with Gasteiger partial charge in [-0.05, 0) is 38.1 Å². The first-order valence-electron chi connectivity index (χ1n) is 5.86. The van der Waals surface area contributed by atoms with Crippen molar-refractivity contribution in [3.63, 3.8) is 0 Å². The zero-order chi connectivity index (χ0) is 11.5. The molecule has 1 aliphatic rings. The third-order valence-electron chi connectivity index (χ3n) is 2.98. The summed E-state index contributed by atoms with van der Waals surface area (Å²) >= 11 is 1.99. The summed E-state index contributed by atoms with van der Waals surface area (Å²) in [5.74, 6) is 1.21. The summed E-state index contributed by atoms with van der Waals surface area (Å²) in [4.78, 5) is 3.97. The van der Waals surface area contributed by atoms with E-state index in [9.17, 15) is 0 Å². The smallest absolute Gasteiger partial charge is 0.0535 e. The third-order valence-corrected chi connectivity index (χ3v) is 3.99. The Bertz CT molecular complexity index is 376. The minimum atomic E-state index is 1.05. The monoisotopic (exact) mass is 236 g/mol. The van der Waals surface area contributed by atoms with Crippen molar-refractivity contribution in [2.45, 2.75) is 18.7 Å². The largest absolute Gasteiger partial charge is 0.368 e. The summed E-state index contributed by atoms with van der Waals surface area (Å²) in [5, 5.41) is 3.23. The van der Waals surface area contributed by atoms with Crippen LogP contribution in [0.5, 0.6) is 0 Å². The number of thioether (sulfide) groups is 1. The lowest BCUT2D eigenvalue weighted by Gasteiger charge is -2.32. The molecule has 0 unspecified atom stereocenters. The van der Waals surface area contributed by atoms with Crippen LogP contribution < -0.4 is 10.2 Å². The molecule has 2 nitrogen and oxygen atoms in total. The molecular weight excluding hydrogens is 216 g/mol. The van der Waals surface area contributed by atoms with E-state index in [0.29, 0.717) is 0 Å². The fraction of sp³-hybridized carbons (Fsp3) is 0.538. The van der Waals surface area contributed by atoms with E-state index in [1.807, 2.05) is 18.8 Å². The van der Waals surface area contributed by atoms with E-state index in [2.05, 4.69) is 36.2 Å². The van der Waals surface area contributed by atoms with Gasteiger partial charge in [0.25, 0.3) is 0 Å². The van der Waals surface area contributed by atoms with Crippen LogP contribution in [-0.2, 0) is 0 Å². The molecule has 0 spiro atoms. The maximum Gasteiger partial charge on any atom is 0.0535 e. The predicted octanol–water partition coefficient (Wildman–Crippen LogP) is 2.43. The van der Waals surface area contributed by atoms with Gasteiger partial charge in [0.2, 0.25) is 0 Å². The highest BCUT2D eigenvalue weighted by molar-refractivity contribution is 7.99. The number of aryl methyl sites for hydroxylation is 2. The van der Waals surface area contributed by atoms with E-state index in [-0.39, 0.29) is 0 Å². The molecule has 3 heteroatoms. The van der Waals surface area contributed by atoms with Gasteiger partial charge in [0.1, 0.15) is 0 Å². The van der Waals surface area contributed by atoms with E-state index in [1.54, 1.807) is 0 Å². The van der Waals surface area contributed by atoms with E-state index in [0.717, 1.165) is 13.1 Å². The average molecular weight is 236 g/mol. The maximum absolute atomic E-state index is 3.23. The molecule has 0 amide bonds. The van der Waals surface area contributed by atoms with Crippen LogP contribution in [0.3, 0.4) is 0 Å². The molecule has 2 rings (SSSR count). The number of nitrogens with zero attached hydrogens (tertiary/aromatic N) is 1. The van der Waals surface area contributed by atoms with Crippen molar-refractivity contribution in [3.8, 4) is 0 Å². The van der Waals surface area contributed by atoms with Gasteiger partial charge in [-0.15, -0.1) is 11.8 Å². The molecule has 1 aliphatic heterocycles. The number of benzene rings is 1. The second kappa shape index (κ2) is 5.11. The molecule has 0 aliphatic carbocycles. The summed E-state index contributed by atoms with van der Waals surface area (Å²) in [6.07, 6.45) is 0. The lowest BCUT2D eigenvalue weighted by atomic mass is 10.1. The van der Waals surface area contributed by atoms with Gasteiger partial charge in [-0.25, -0.2) is 0 Å². The molecule has 1 aromatic rings. The number of likely N-dealkylation sites (N-methyl/N-ethyl adjacent to an activating group) is 1. The van der Waals surface area contributed by atoms with Crippen molar-refractivity contribution in [1.29, 1.82) is 0 Å². The zero-order valence-corrected chi connectivity index (χ0v) is 11.2. The Balaban J connectivity index is 2.30. The van der Waals surface area contributed by atoms with Crippen molar-refractivity contribution in [3.05, 3.63) is 23.3 Å². The number of fused-ring (bicyclic) bond motifs is 1. The van der Waals surface area contributed by atoms with Crippen LogP contribution in [-0.4, -0.2) is 32.4 Å². The van der Waals surface area contributed by atoms with E-state index in [4.69, 9.17) is 0 Å². The standard InChI is InChI=1S/C13H20N2S/c1-10-8-11(2)13-12(9-10)16-7-6-15(13)5-4-14-3/h8-9,14H,4-7H2,1-3H3. The number of hydrogen-bond acceptors (Lipinski definition) is 3. The molecule has 0 bridgehead atoms. The van der Waals surface area contributed by atoms with Crippen molar-refractivity contribution >= 4 is 17.4 Å². The minimum Gasteiger partial charge on any atom is -0.368 e. The maximum atomic E-state index is 3.23. The molecule has 1 aromatic carbocycles. The van der Waals surface area contributed by atoms with Gasteiger partial charge in [-0.2, -0.15) is 0 Å². The van der Waals surface area contributed by atoms with Crippen molar-refractivity contribution in [1.82, 2.24) is 5.32 Å². The molecule has 88 valence electrons. The quantitative estimate of drug-likeness (QED) is 0.868. The highest BCUT2D eigenvalue weighted by atomic mass is 32.2. The first-order valence-corrected chi connectivity index (χ1v) is 6.84. The highest BCUT2D eigenvalue weighted by Gasteiger charge is 2.19. The molecule has 0 saturated heterocycles. The summed E-state index contributed by atoms with van der Waals surface area (Å²) in [6.45, 7) is 7.74. The first kappa shape index (κ1) is 11.8. The molecular formula is C13H20N2S. The molecule has 0 aromatic heterocycles. The van der Waals surface area contributed by atoms with E-state index in [1.165, 1.54) is 34.0 Å². The van der Waals surface area contributed by atoms with Gasteiger partial charge in [0, 0.05) is 30.3 Å². The van der Waals surface area contributed by atoms with E-state index >= 15 is 0 Å². The van der Waals surface area contributed by atoms with Gasteiger partial charge in [0.05, 0.1) is 5.69 Å².